The van der Waals surface area contributed by atoms with Gasteiger partial charge in [-0.25, -0.2) is 0 Å². The second-order valence-corrected chi connectivity index (χ2v) is 2.93. The van der Waals surface area contributed by atoms with E-state index in [2.05, 4.69) is 4.74 Å². The summed E-state index contributed by atoms with van der Waals surface area (Å²) < 4.78 is 9.45. The van der Waals surface area contributed by atoms with Crippen LogP contribution in [0.25, 0.3) is 0 Å². The Morgan fingerprint density at radius 1 is 1.43 bits per heavy atom. The summed E-state index contributed by atoms with van der Waals surface area (Å²) in [6.45, 7) is -0.0490. The van der Waals surface area contributed by atoms with Crippen molar-refractivity contribution in [2.75, 3.05) is 20.8 Å². The Balaban J connectivity index is 4.28. The third-order valence-corrected chi connectivity index (χ3v) is 1.88. The van der Waals surface area contributed by atoms with E-state index in [1.807, 2.05) is 0 Å². The lowest BCUT2D eigenvalue weighted by atomic mass is 10.0. The van der Waals surface area contributed by atoms with Gasteiger partial charge >= 0.3 is 0 Å². The first-order valence-electron chi connectivity index (χ1n) is 4.17. The van der Waals surface area contributed by atoms with Crippen LogP contribution in [0.1, 0.15) is 0 Å². The monoisotopic (exact) mass is 207 g/mol. The molecule has 6 nitrogen and oxygen atoms in total. The minimum Gasteiger partial charge on any atom is -0.388 e. The first-order valence-corrected chi connectivity index (χ1v) is 4.17. The molecular formula is C8H17NO5. The average molecular weight is 207 g/mol. The van der Waals surface area contributed by atoms with Crippen LogP contribution in [-0.2, 0) is 14.3 Å². The number of aliphatic hydroxyl groups is 2. The van der Waals surface area contributed by atoms with Crippen LogP contribution in [0.3, 0.4) is 0 Å². The topological polar surface area (TPSA) is 102 Å². The van der Waals surface area contributed by atoms with Crippen LogP contribution in [-0.4, -0.2) is 61.7 Å². The Labute approximate surface area is 82.6 Å². The highest BCUT2D eigenvalue weighted by Gasteiger charge is 2.30. The summed E-state index contributed by atoms with van der Waals surface area (Å²) in [6, 6.07) is -0.971. The molecule has 4 N–H and O–H groups in total. The Hall–Kier alpha value is -0.530. The van der Waals surface area contributed by atoms with Crippen molar-refractivity contribution in [2.45, 2.75) is 24.4 Å². The molecule has 0 radical (unpaired) electrons. The number of nitrogens with two attached hydrogens (primary N) is 1. The summed E-state index contributed by atoms with van der Waals surface area (Å²) >= 11 is 0. The van der Waals surface area contributed by atoms with Gasteiger partial charge in [0.2, 0.25) is 0 Å². The van der Waals surface area contributed by atoms with Gasteiger partial charge in [-0.05, 0) is 0 Å². The third kappa shape index (κ3) is 3.69. The van der Waals surface area contributed by atoms with Crippen molar-refractivity contribution >= 4 is 6.29 Å². The summed E-state index contributed by atoms with van der Waals surface area (Å²) in [5.41, 5.74) is 5.36. The van der Waals surface area contributed by atoms with Gasteiger partial charge in [0.1, 0.15) is 24.6 Å². The molecule has 0 aliphatic heterocycles. The molecular weight excluding hydrogens is 190 g/mol. The number of rotatable bonds is 7. The Kier molecular flexibility index (Phi) is 6.60. The normalized spacial score (nSPS) is 19.8. The van der Waals surface area contributed by atoms with Crippen molar-refractivity contribution in [3.63, 3.8) is 0 Å². The van der Waals surface area contributed by atoms with Crippen molar-refractivity contribution in [3.05, 3.63) is 0 Å². The van der Waals surface area contributed by atoms with Crippen LogP contribution in [0.4, 0.5) is 0 Å². The first kappa shape index (κ1) is 13.5. The number of aliphatic hydroxyl groups excluding tert-OH is 2. The highest BCUT2D eigenvalue weighted by Crippen LogP contribution is 2.06. The van der Waals surface area contributed by atoms with E-state index in [1.54, 1.807) is 0 Å². The van der Waals surface area contributed by atoms with E-state index < -0.39 is 24.4 Å². The largest absolute Gasteiger partial charge is 0.388 e. The Morgan fingerprint density at radius 3 is 2.36 bits per heavy atom. The standard InChI is InChI=1S/C8H17NO5/c1-13-4-6(11)7(12)8(14-2)5(9)3-10/h3,5-8,11-12H,4,9H2,1-2H3. The van der Waals surface area contributed by atoms with Gasteiger partial charge in [0.25, 0.3) is 0 Å². The number of hydrogen-bond donors (Lipinski definition) is 3. The number of aldehydes is 1. The molecule has 0 aliphatic rings. The van der Waals surface area contributed by atoms with Gasteiger partial charge in [0.05, 0.1) is 12.6 Å². The molecule has 0 aromatic rings. The van der Waals surface area contributed by atoms with Crippen LogP contribution in [0.2, 0.25) is 0 Å². The molecule has 0 aromatic carbocycles. The molecule has 4 atom stereocenters. The molecule has 0 bridgehead atoms. The summed E-state index contributed by atoms with van der Waals surface area (Å²) in [6.07, 6.45) is -2.86. The predicted molar refractivity (Wildman–Crippen MR) is 48.7 cm³/mol. The van der Waals surface area contributed by atoms with Crippen LogP contribution in [0.5, 0.6) is 0 Å². The summed E-state index contributed by atoms with van der Waals surface area (Å²) in [7, 11) is 2.69. The number of methoxy groups -OCH3 is 2. The van der Waals surface area contributed by atoms with E-state index in [4.69, 9.17) is 10.5 Å². The summed E-state index contributed by atoms with van der Waals surface area (Å²) in [4.78, 5) is 10.4. The lowest BCUT2D eigenvalue weighted by Gasteiger charge is -2.27. The lowest BCUT2D eigenvalue weighted by Crippen LogP contribution is -2.51. The Morgan fingerprint density at radius 2 is 2.00 bits per heavy atom. The van der Waals surface area contributed by atoms with Gasteiger partial charge in [-0.1, -0.05) is 0 Å². The molecule has 0 amide bonds. The van der Waals surface area contributed by atoms with Gasteiger partial charge in [0.15, 0.2) is 0 Å². The fourth-order valence-electron chi connectivity index (χ4n) is 1.09. The van der Waals surface area contributed by atoms with Crippen LogP contribution < -0.4 is 5.73 Å². The molecule has 0 spiro atoms. The van der Waals surface area contributed by atoms with Crippen LogP contribution in [0.15, 0.2) is 0 Å². The SMILES string of the molecule is COCC(O)C(O)C(OC)C(N)C=O. The van der Waals surface area contributed by atoms with E-state index in [-0.39, 0.29) is 6.61 Å². The summed E-state index contributed by atoms with van der Waals surface area (Å²) in [5, 5.41) is 18.9. The van der Waals surface area contributed by atoms with E-state index >= 15 is 0 Å². The minimum atomic E-state index is -1.25. The number of ether oxygens (including phenoxy) is 2. The number of hydrogen-bond acceptors (Lipinski definition) is 6. The molecule has 0 aliphatic carbocycles. The Bertz CT molecular complexity index is 166. The fraction of sp³-hybridized carbons (Fsp3) is 0.875. The van der Waals surface area contributed by atoms with Gasteiger partial charge < -0.3 is 30.2 Å². The fourth-order valence-corrected chi connectivity index (χ4v) is 1.09. The number of carbonyl (C=O) groups is 1. The van der Waals surface area contributed by atoms with Crippen molar-refractivity contribution in [1.29, 1.82) is 0 Å². The van der Waals surface area contributed by atoms with Gasteiger partial charge in [-0.2, -0.15) is 0 Å². The third-order valence-electron chi connectivity index (χ3n) is 1.88. The molecule has 0 fully saturated rings. The zero-order valence-corrected chi connectivity index (χ0v) is 8.29. The molecule has 14 heavy (non-hydrogen) atoms. The van der Waals surface area contributed by atoms with Crippen LogP contribution >= 0.6 is 0 Å². The highest BCUT2D eigenvalue weighted by atomic mass is 16.5. The molecule has 84 valence electrons. The molecule has 0 heterocycles. The van der Waals surface area contributed by atoms with E-state index in [9.17, 15) is 15.0 Å². The van der Waals surface area contributed by atoms with E-state index in [0.29, 0.717) is 6.29 Å². The maximum absolute atomic E-state index is 10.4. The molecule has 0 aromatic heterocycles. The van der Waals surface area contributed by atoms with Gasteiger partial charge in [0, 0.05) is 14.2 Å². The van der Waals surface area contributed by atoms with Crippen molar-refractivity contribution in [2.24, 2.45) is 5.73 Å². The zero-order valence-electron chi connectivity index (χ0n) is 8.29. The van der Waals surface area contributed by atoms with E-state index in [1.165, 1.54) is 14.2 Å². The van der Waals surface area contributed by atoms with E-state index in [0.717, 1.165) is 0 Å². The van der Waals surface area contributed by atoms with Crippen LogP contribution in [0, 0.1) is 0 Å². The molecule has 0 saturated carbocycles. The first-order chi connectivity index (χ1) is 6.58. The lowest BCUT2D eigenvalue weighted by molar-refractivity contribution is -0.123. The number of carbonyl (C=O) groups excluding carboxylic acids is 1. The average Bonchev–Trinajstić information content (AvgIpc) is 2.18. The quantitative estimate of drug-likeness (QED) is 0.413. The van der Waals surface area contributed by atoms with Gasteiger partial charge in [-0.15, -0.1) is 0 Å². The van der Waals surface area contributed by atoms with Crippen molar-refractivity contribution in [3.8, 4) is 0 Å². The predicted octanol–water partition coefficient (Wildman–Crippen LogP) is -2.10. The van der Waals surface area contributed by atoms with Gasteiger partial charge in [-0.3, -0.25) is 0 Å². The molecule has 0 saturated heterocycles. The second kappa shape index (κ2) is 6.86. The van der Waals surface area contributed by atoms with Crippen molar-refractivity contribution in [1.82, 2.24) is 0 Å². The molecule has 0 rings (SSSR count). The zero-order chi connectivity index (χ0) is 11.1. The van der Waals surface area contributed by atoms with Crippen molar-refractivity contribution < 1.29 is 24.5 Å². The minimum absolute atomic E-state index is 0.0490. The highest BCUT2D eigenvalue weighted by molar-refractivity contribution is 5.58. The summed E-state index contributed by atoms with van der Waals surface area (Å²) in [5.74, 6) is 0. The maximum atomic E-state index is 10.4. The smallest absolute Gasteiger partial charge is 0.139 e. The molecule has 4 unspecified atom stereocenters. The molecule has 6 heteroatoms. The second-order valence-electron chi connectivity index (χ2n) is 2.93. The maximum Gasteiger partial charge on any atom is 0.139 e.